The van der Waals surface area contributed by atoms with E-state index in [2.05, 4.69) is 6.07 Å². The topological polar surface area (TPSA) is 78.5 Å². The Balaban J connectivity index is 2.59. The van der Waals surface area contributed by atoms with Crippen LogP contribution in [0.15, 0.2) is 30.3 Å². The summed E-state index contributed by atoms with van der Waals surface area (Å²) in [4.78, 5) is 0. The highest BCUT2D eigenvalue weighted by atomic mass is 15.0. The van der Waals surface area contributed by atoms with E-state index in [4.69, 9.17) is 16.3 Å². The summed E-state index contributed by atoms with van der Waals surface area (Å²) in [5, 5.41) is 17.8. The van der Waals surface area contributed by atoms with Gasteiger partial charge in [-0.05, 0) is 29.8 Å². The minimum Gasteiger partial charge on any atom is -0.398 e. The molecule has 0 saturated carbocycles. The third-order valence-corrected chi connectivity index (χ3v) is 2.71. The molecule has 0 fully saturated rings. The molecule has 0 aliphatic heterocycles. The molecule has 0 amide bonds. The Kier molecular flexibility index (Phi) is 2.56. The predicted octanol–water partition coefficient (Wildman–Crippen LogP) is 2.02. The normalized spacial score (nSPS) is 9.59. The average molecular weight is 222 g/mol. The highest BCUT2D eigenvalue weighted by Gasteiger charge is 2.08. The molecule has 0 spiro atoms. The lowest BCUT2D eigenvalue weighted by atomic mass is 10.1. The van der Waals surface area contributed by atoms with Crippen LogP contribution in [0.4, 0.5) is 5.69 Å². The summed E-state index contributed by atoms with van der Waals surface area (Å²) in [6.45, 7) is 0. The summed E-state index contributed by atoms with van der Waals surface area (Å²) >= 11 is 0. The van der Waals surface area contributed by atoms with Crippen molar-refractivity contribution in [3.63, 3.8) is 0 Å². The molecule has 0 radical (unpaired) electrons. The average Bonchev–Trinajstić information content (AvgIpc) is 2.71. The van der Waals surface area contributed by atoms with E-state index in [1.54, 1.807) is 22.8 Å². The zero-order chi connectivity index (χ0) is 12.4. The van der Waals surface area contributed by atoms with Gasteiger partial charge in [0.2, 0.25) is 0 Å². The highest BCUT2D eigenvalue weighted by Crippen LogP contribution is 2.24. The van der Waals surface area contributed by atoms with Gasteiger partial charge in [0.15, 0.2) is 0 Å². The van der Waals surface area contributed by atoms with Crippen molar-refractivity contribution in [3.8, 4) is 23.4 Å². The van der Waals surface area contributed by atoms with Gasteiger partial charge < -0.3 is 10.3 Å². The Morgan fingerprint density at radius 3 is 2.47 bits per heavy atom. The first-order chi connectivity index (χ1) is 8.17. The van der Waals surface area contributed by atoms with Gasteiger partial charge in [-0.1, -0.05) is 6.07 Å². The van der Waals surface area contributed by atoms with Crippen LogP contribution in [-0.2, 0) is 7.05 Å². The number of anilines is 1. The molecule has 0 aliphatic carbocycles. The third-order valence-electron chi connectivity index (χ3n) is 2.71. The number of hydrogen-bond acceptors (Lipinski definition) is 3. The van der Waals surface area contributed by atoms with Crippen molar-refractivity contribution in [1.29, 1.82) is 10.5 Å². The van der Waals surface area contributed by atoms with Crippen LogP contribution < -0.4 is 5.73 Å². The summed E-state index contributed by atoms with van der Waals surface area (Å²) in [6.07, 6.45) is 0. The Morgan fingerprint density at radius 1 is 1.12 bits per heavy atom. The second-order valence-electron chi connectivity index (χ2n) is 3.69. The number of nitriles is 2. The highest BCUT2D eigenvalue weighted by molar-refractivity contribution is 5.68. The summed E-state index contributed by atoms with van der Waals surface area (Å²) in [6, 6.07) is 13.0. The molecule has 0 atom stereocenters. The van der Waals surface area contributed by atoms with Crippen LogP contribution >= 0.6 is 0 Å². The molecule has 2 rings (SSSR count). The number of benzene rings is 1. The molecule has 82 valence electrons. The quantitative estimate of drug-likeness (QED) is 0.749. The van der Waals surface area contributed by atoms with Crippen molar-refractivity contribution in [2.24, 2.45) is 7.05 Å². The molecule has 2 aromatic rings. The molecule has 0 bridgehead atoms. The molecule has 4 nitrogen and oxygen atoms in total. The van der Waals surface area contributed by atoms with Crippen molar-refractivity contribution in [2.75, 3.05) is 5.73 Å². The number of nitrogen functional groups attached to an aromatic ring is 1. The van der Waals surface area contributed by atoms with E-state index in [1.807, 2.05) is 25.2 Å². The minimum absolute atomic E-state index is 0.446. The molecule has 1 heterocycles. The molecule has 1 aromatic heterocycles. The minimum atomic E-state index is 0.446. The zero-order valence-corrected chi connectivity index (χ0v) is 9.31. The van der Waals surface area contributed by atoms with E-state index in [-0.39, 0.29) is 0 Å². The number of hydrogen-bond donors (Lipinski definition) is 1. The molecule has 0 saturated heterocycles. The van der Waals surface area contributed by atoms with Crippen molar-refractivity contribution in [2.45, 2.75) is 0 Å². The van der Waals surface area contributed by atoms with Crippen LogP contribution in [-0.4, -0.2) is 4.57 Å². The van der Waals surface area contributed by atoms with E-state index in [1.165, 1.54) is 0 Å². The molecule has 2 N–H and O–H groups in total. The molecule has 17 heavy (non-hydrogen) atoms. The summed E-state index contributed by atoms with van der Waals surface area (Å²) in [5.74, 6) is 0. The number of nitrogens with zero attached hydrogens (tertiary/aromatic N) is 3. The Hall–Kier alpha value is -2.72. The molecular weight excluding hydrogens is 212 g/mol. The van der Waals surface area contributed by atoms with Crippen molar-refractivity contribution in [3.05, 3.63) is 41.6 Å². The van der Waals surface area contributed by atoms with Gasteiger partial charge in [0.25, 0.3) is 0 Å². The fourth-order valence-electron chi connectivity index (χ4n) is 1.73. The largest absolute Gasteiger partial charge is 0.398 e. The second-order valence-corrected chi connectivity index (χ2v) is 3.69. The standard InChI is InChI=1S/C13H10N4/c1-17-11(8-15)3-5-13(17)9-2-4-12(16)10(6-9)7-14/h2-6H,16H2,1H3. The van der Waals surface area contributed by atoms with Crippen LogP contribution in [0.25, 0.3) is 11.3 Å². The summed E-state index contributed by atoms with van der Waals surface area (Å²) in [7, 11) is 1.82. The van der Waals surface area contributed by atoms with E-state index >= 15 is 0 Å². The van der Waals surface area contributed by atoms with Crippen LogP contribution in [0.2, 0.25) is 0 Å². The maximum atomic E-state index is 8.92. The van der Waals surface area contributed by atoms with Gasteiger partial charge in [0, 0.05) is 18.4 Å². The van der Waals surface area contributed by atoms with Gasteiger partial charge in [-0.2, -0.15) is 10.5 Å². The summed E-state index contributed by atoms with van der Waals surface area (Å²) < 4.78 is 1.78. The monoisotopic (exact) mass is 222 g/mol. The fourth-order valence-corrected chi connectivity index (χ4v) is 1.73. The van der Waals surface area contributed by atoms with Gasteiger partial charge in [0.1, 0.15) is 17.8 Å². The summed E-state index contributed by atoms with van der Waals surface area (Å²) in [5.41, 5.74) is 8.92. The molecule has 4 heteroatoms. The van der Waals surface area contributed by atoms with E-state index in [0.29, 0.717) is 16.9 Å². The second kappa shape index (κ2) is 4.03. The lowest BCUT2D eigenvalue weighted by Gasteiger charge is -2.06. The third kappa shape index (κ3) is 1.73. The Labute approximate surface area is 99.1 Å². The van der Waals surface area contributed by atoms with E-state index in [0.717, 1.165) is 11.3 Å². The maximum Gasteiger partial charge on any atom is 0.120 e. The maximum absolute atomic E-state index is 8.92. The van der Waals surface area contributed by atoms with Gasteiger partial charge in [-0.25, -0.2) is 0 Å². The number of nitrogens with two attached hydrogens (primary N) is 1. The van der Waals surface area contributed by atoms with Gasteiger partial charge in [0.05, 0.1) is 5.56 Å². The van der Waals surface area contributed by atoms with Crippen LogP contribution in [0.5, 0.6) is 0 Å². The molecule has 0 aliphatic rings. The van der Waals surface area contributed by atoms with Crippen LogP contribution in [0.1, 0.15) is 11.3 Å². The number of rotatable bonds is 1. The Bertz CT molecular complexity index is 653. The lowest BCUT2D eigenvalue weighted by molar-refractivity contribution is 0.917. The lowest BCUT2D eigenvalue weighted by Crippen LogP contribution is -1.96. The van der Waals surface area contributed by atoms with Gasteiger partial charge in [-0.15, -0.1) is 0 Å². The van der Waals surface area contributed by atoms with Crippen molar-refractivity contribution >= 4 is 5.69 Å². The first-order valence-corrected chi connectivity index (χ1v) is 5.03. The van der Waals surface area contributed by atoms with Crippen LogP contribution in [0.3, 0.4) is 0 Å². The van der Waals surface area contributed by atoms with Crippen LogP contribution in [0, 0.1) is 22.7 Å². The SMILES string of the molecule is Cn1c(C#N)ccc1-c1ccc(N)c(C#N)c1. The first-order valence-electron chi connectivity index (χ1n) is 5.03. The predicted molar refractivity (Wildman–Crippen MR) is 64.7 cm³/mol. The Morgan fingerprint density at radius 2 is 1.88 bits per heavy atom. The first kappa shape index (κ1) is 10.8. The number of aromatic nitrogens is 1. The zero-order valence-electron chi connectivity index (χ0n) is 9.31. The smallest absolute Gasteiger partial charge is 0.120 e. The van der Waals surface area contributed by atoms with E-state index < -0.39 is 0 Å². The molecule has 1 aromatic carbocycles. The molecule has 0 unspecified atom stereocenters. The molecular formula is C13H10N4. The van der Waals surface area contributed by atoms with Crippen molar-refractivity contribution < 1.29 is 0 Å². The van der Waals surface area contributed by atoms with E-state index in [9.17, 15) is 0 Å². The van der Waals surface area contributed by atoms with Gasteiger partial charge in [-0.3, -0.25) is 0 Å². The van der Waals surface area contributed by atoms with Gasteiger partial charge >= 0.3 is 0 Å². The van der Waals surface area contributed by atoms with Crippen molar-refractivity contribution in [1.82, 2.24) is 4.57 Å². The fraction of sp³-hybridized carbons (Fsp3) is 0.0769.